The zero-order valence-corrected chi connectivity index (χ0v) is 11.6. The van der Waals surface area contributed by atoms with E-state index in [1.165, 1.54) is 29.4 Å². The highest BCUT2D eigenvalue weighted by molar-refractivity contribution is 8.01. The lowest BCUT2D eigenvalue weighted by Gasteiger charge is -1.97. The van der Waals surface area contributed by atoms with Gasteiger partial charge in [-0.05, 0) is 34.5 Å². The van der Waals surface area contributed by atoms with Crippen molar-refractivity contribution in [2.75, 3.05) is 5.32 Å². The van der Waals surface area contributed by atoms with E-state index in [4.69, 9.17) is 0 Å². The zero-order valence-electron chi connectivity index (χ0n) is 9.94. The van der Waals surface area contributed by atoms with Crippen LogP contribution in [0.3, 0.4) is 0 Å². The summed E-state index contributed by atoms with van der Waals surface area (Å²) in [6, 6.07) is 0.511. The minimum atomic E-state index is -0.493. The molecule has 0 atom stereocenters. The lowest BCUT2D eigenvalue weighted by atomic mass is 10.7. The highest BCUT2D eigenvalue weighted by Gasteiger charge is 2.25. The Labute approximate surface area is 116 Å². The van der Waals surface area contributed by atoms with Crippen molar-refractivity contribution in [2.24, 2.45) is 7.05 Å². The van der Waals surface area contributed by atoms with E-state index in [9.17, 15) is 10.1 Å². The van der Waals surface area contributed by atoms with Crippen LogP contribution < -0.4 is 5.32 Å². The van der Waals surface area contributed by atoms with Gasteiger partial charge in [-0.1, -0.05) is 11.3 Å². The topological polar surface area (TPSA) is 98.8 Å². The molecule has 0 bridgehead atoms. The molecule has 1 aliphatic rings. The van der Waals surface area contributed by atoms with Crippen molar-refractivity contribution in [1.82, 2.24) is 19.7 Å². The quantitative estimate of drug-likeness (QED) is 0.664. The van der Waals surface area contributed by atoms with Crippen molar-refractivity contribution in [3.63, 3.8) is 0 Å². The Morgan fingerprint density at radius 3 is 3.05 bits per heavy atom. The summed E-state index contributed by atoms with van der Waals surface area (Å²) in [6.07, 6.45) is 3.75. The average Bonchev–Trinajstić information content (AvgIpc) is 2.94. The van der Waals surface area contributed by atoms with Crippen molar-refractivity contribution in [2.45, 2.75) is 28.2 Å². The summed E-state index contributed by atoms with van der Waals surface area (Å²) in [4.78, 5) is 14.1. The molecule has 0 aromatic carbocycles. The number of nitrogens with zero attached hydrogens (tertiary/aromatic N) is 5. The molecule has 0 amide bonds. The Morgan fingerprint density at radius 1 is 1.58 bits per heavy atom. The smallest absolute Gasteiger partial charge is 0.358 e. The number of aromatic nitrogens is 4. The molecular weight excluding hydrogens is 288 g/mol. The van der Waals surface area contributed by atoms with Crippen molar-refractivity contribution >= 4 is 34.0 Å². The van der Waals surface area contributed by atoms with Gasteiger partial charge in [0, 0.05) is 13.1 Å². The maximum atomic E-state index is 10.9. The molecule has 8 nitrogen and oxygen atoms in total. The lowest BCUT2D eigenvalue weighted by molar-refractivity contribution is -0.392. The largest absolute Gasteiger partial charge is 0.396 e. The van der Waals surface area contributed by atoms with Crippen molar-refractivity contribution in [1.29, 1.82) is 0 Å². The maximum absolute atomic E-state index is 10.9. The van der Waals surface area contributed by atoms with Gasteiger partial charge in [-0.2, -0.15) is 0 Å². The summed E-state index contributed by atoms with van der Waals surface area (Å²) < 4.78 is 2.27. The third-order valence-corrected chi connectivity index (χ3v) is 4.60. The van der Waals surface area contributed by atoms with Gasteiger partial charge in [0.15, 0.2) is 9.37 Å². The van der Waals surface area contributed by atoms with Gasteiger partial charge in [0.1, 0.15) is 0 Å². The van der Waals surface area contributed by atoms with Crippen molar-refractivity contribution in [3.05, 3.63) is 16.4 Å². The Morgan fingerprint density at radius 2 is 2.37 bits per heavy atom. The second-order valence-corrected chi connectivity index (χ2v) is 6.35. The molecule has 100 valence electrons. The van der Waals surface area contributed by atoms with Crippen LogP contribution in [-0.2, 0) is 7.05 Å². The number of rotatable bonds is 5. The molecule has 1 aliphatic carbocycles. The van der Waals surface area contributed by atoms with Crippen LogP contribution in [0.2, 0.25) is 0 Å². The first-order valence-electron chi connectivity index (χ1n) is 5.57. The molecule has 0 saturated heterocycles. The number of hydrogen-bond donors (Lipinski definition) is 1. The zero-order chi connectivity index (χ0) is 13.4. The van der Waals surface area contributed by atoms with Gasteiger partial charge in [-0.25, -0.2) is 0 Å². The lowest BCUT2D eigenvalue weighted by Crippen LogP contribution is -1.99. The van der Waals surface area contributed by atoms with Gasteiger partial charge in [0.25, 0.3) is 0 Å². The number of imidazole rings is 1. The van der Waals surface area contributed by atoms with Crippen LogP contribution in [0.4, 0.5) is 10.9 Å². The number of aryl methyl sites for hydroxylation is 1. The first-order valence-corrected chi connectivity index (χ1v) is 7.20. The summed E-state index contributed by atoms with van der Waals surface area (Å²) in [5.41, 5.74) is 0. The third-order valence-electron chi connectivity index (χ3n) is 2.53. The summed E-state index contributed by atoms with van der Waals surface area (Å²) in [6.45, 7) is 0. The number of hydrogen-bond acceptors (Lipinski definition) is 8. The van der Waals surface area contributed by atoms with E-state index >= 15 is 0 Å². The van der Waals surface area contributed by atoms with Crippen LogP contribution in [-0.4, -0.2) is 30.7 Å². The molecule has 0 aliphatic heterocycles. The van der Waals surface area contributed by atoms with Crippen molar-refractivity contribution in [3.8, 4) is 0 Å². The highest BCUT2D eigenvalue weighted by Crippen LogP contribution is 2.37. The van der Waals surface area contributed by atoms with Crippen LogP contribution >= 0.6 is 23.1 Å². The fourth-order valence-corrected chi connectivity index (χ4v) is 3.30. The molecule has 0 radical (unpaired) electrons. The first-order chi connectivity index (χ1) is 9.13. The molecule has 2 heterocycles. The summed E-state index contributed by atoms with van der Waals surface area (Å²) in [5, 5.41) is 23.4. The number of nitrogens with one attached hydrogen (secondary N) is 1. The molecule has 2 aromatic heterocycles. The van der Waals surface area contributed by atoms with Crippen LogP contribution in [0.15, 0.2) is 15.7 Å². The van der Waals surface area contributed by atoms with E-state index in [1.807, 2.05) is 0 Å². The van der Waals surface area contributed by atoms with E-state index < -0.39 is 4.92 Å². The third kappa shape index (κ3) is 2.68. The van der Waals surface area contributed by atoms with Crippen LogP contribution in [0, 0.1) is 10.1 Å². The summed E-state index contributed by atoms with van der Waals surface area (Å²) in [7, 11) is 1.72. The van der Waals surface area contributed by atoms with E-state index in [1.54, 1.807) is 11.6 Å². The molecule has 10 heteroatoms. The molecule has 3 rings (SSSR count). The predicted molar refractivity (Wildman–Crippen MR) is 70.5 cm³/mol. The number of nitro groups is 1. The van der Waals surface area contributed by atoms with E-state index in [0.29, 0.717) is 15.4 Å². The molecule has 1 saturated carbocycles. The van der Waals surface area contributed by atoms with Gasteiger partial charge in [-0.3, -0.25) is 0 Å². The van der Waals surface area contributed by atoms with Gasteiger partial charge >= 0.3 is 5.82 Å². The van der Waals surface area contributed by atoms with E-state index in [-0.39, 0.29) is 5.82 Å². The van der Waals surface area contributed by atoms with Crippen LogP contribution in [0.1, 0.15) is 12.8 Å². The van der Waals surface area contributed by atoms with Crippen LogP contribution in [0.5, 0.6) is 0 Å². The SMILES string of the molecule is Cn1cnc([N+](=O)[O-])c1Sc1nnc(NC2CC2)s1. The molecule has 0 unspecified atom stereocenters. The second-order valence-electron chi connectivity index (χ2n) is 4.14. The molecule has 19 heavy (non-hydrogen) atoms. The monoisotopic (exact) mass is 298 g/mol. The molecule has 0 spiro atoms. The predicted octanol–water partition coefficient (Wildman–Crippen LogP) is 1.91. The Kier molecular flexibility index (Phi) is 3.11. The average molecular weight is 298 g/mol. The minimum absolute atomic E-state index is 0.153. The minimum Gasteiger partial charge on any atom is -0.358 e. The normalized spacial score (nSPS) is 14.6. The molecule has 2 aromatic rings. The Balaban J connectivity index is 1.78. The summed E-state index contributed by atoms with van der Waals surface area (Å²) in [5.74, 6) is -0.153. The fourth-order valence-electron chi connectivity index (χ4n) is 1.44. The standard InChI is InChI=1S/C9H10N6O2S2/c1-14-4-10-6(15(16)17)7(14)18-9-13-12-8(19-9)11-5-2-3-5/h4-5H,2-3H2,1H3,(H,11,12). The first kappa shape index (κ1) is 12.4. The Hall–Kier alpha value is -1.68. The number of anilines is 1. The van der Waals surface area contributed by atoms with Gasteiger partial charge in [0.05, 0.1) is 0 Å². The summed E-state index contributed by atoms with van der Waals surface area (Å²) >= 11 is 2.60. The Bertz CT molecular complexity index is 620. The highest BCUT2D eigenvalue weighted by atomic mass is 32.2. The van der Waals surface area contributed by atoms with Gasteiger partial charge < -0.3 is 20.0 Å². The van der Waals surface area contributed by atoms with Crippen LogP contribution in [0.25, 0.3) is 0 Å². The second kappa shape index (κ2) is 4.78. The molecule has 1 fully saturated rings. The van der Waals surface area contributed by atoms with Gasteiger partial charge in [0.2, 0.25) is 11.5 Å². The molecule has 1 N–H and O–H groups in total. The van der Waals surface area contributed by atoms with Crippen molar-refractivity contribution < 1.29 is 4.92 Å². The van der Waals surface area contributed by atoms with E-state index in [0.717, 1.165) is 18.0 Å². The molecular formula is C9H10N6O2S2. The van der Waals surface area contributed by atoms with E-state index in [2.05, 4.69) is 20.5 Å². The maximum Gasteiger partial charge on any atom is 0.396 e. The van der Waals surface area contributed by atoms with Gasteiger partial charge in [-0.15, -0.1) is 10.2 Å². The fraction of sp³-hybridized carbons (Fsp3) is 0.444.